The molecule has 0 aromatic rings. The minimum absolute atomic E-state index is 0.818. The normalized spacial score (nSPS) is 12.0. The van der Waals surface area contributed by atoms with Crippen LogP contribution in [0.1, 0.15) is 25.7 Å². The van der Waals surface area contributed by atoms with Gasteiger partial charge in [0.15, 0.2) is 0 Å². The largest absolute Gasteiger partial charge is 0.341 e. The topological polar surface area (TPSA) is 0 Å². The summed E-state index contributed by atoms with van der Waals surface area (Å²) >= 11 is 19.5. The van der Waals surface area contributed by atoms with Gasteiger partial charge in [0.05, 0.1) is 0 Å². The van der Waals surface area contributed by atoms with Gasteiger partial charge in [-0.3, -0.25) is 0 Å². The first-order valence-corrected chi connectivity index (χ1v) is 10.5. The van der Waals surface area contributed by atoms with E-state index in [-0.39, 0.29) is 0 Å². The molecule has 0 atom stereocenters. The van der Waals surface area contributed by atoms with Gasteiger partial charge in [0.25, 0.3) is 0 Å². The van der Waals surface area contributed by atoms with Crippen LogP contribution in [0.3, 0.4) is 0 Å². The van der Waals surface area contributed by atoms with Crippen LogP contribution in [0, 0.1) is 0 Å². The summed E-state index contributed by atoms with van der Waals surface area (Å²) in [6.45, 7) is 0. The minimum Gasteiger partial charge on any atom is -0.126 e. The average Bonchev–Trinajstić information content (AvgIpc) is 1.85. The molecule has 0 spiro atoms. The van der Waals surface area contributed by atoms with E-state index >= 15 is 0 Å². The number of alkyl halides is 1. The molecule has 0 radical (unpaired) electrons. The molecule has 0 heterocycles. The Morgan fingerprint density at radius 3 is 1.91 bits per heavy atom. The molecule has 0 aliphatic rings. The van der Waals surface area contributed by atoms with Crippen molar-refractivity contribution in [3.63, 3.8) is 0 Å². The van der Waals surface area contributed by atoms with Gasteiger partial charge >= 0.3 is 6.00 Å². The van der Waals surface area contributed by atoms with Gasteiger partial charge in [0.2, 0.25) is 0 Å². The molecular weight excluding hydrogens is 333 g/mol. The van der Waals surface area contributed by atoms with Crippen LogP contribution in [0.5, 0.6) is 0 Å². The second kappa shape index (κ2) is 7.24. The molecule has 0 fully saturated rings. The standard InChI is InChI=1S/C6H12Cl3ISi/c7-11(8,9)6-4-2-1-3-5-10/h1-6H2. The molecule has 0 amide bonds. The molecule has 0 bridgehead atoms. The van der Waals surface area contributed by atoms with Gasteiger partial charge in [-0.05, 0) is 16.9 Å². The Morgan fingerprint density at radius 2 is 1.45 bits per heavy atom. The van der Waals surface area contributed by atoms with Crippen LogP contribution in [0.2, 0.25) is 6.04 Å². The molecule has 0 saturated heterocycles. The van der Waals surface area contributed by atoms with E-state index in [2.05, 4.69) is 22.6 Å². The maximum atomic E-state index is 5.71. The van der Waals surface area contributed by atoms with Gasteiger partial charge in [-0.15, -0.1) is 33.2 Å². The fourth-order valence-electron chi connectivity index (χ4n) is 0.773. The molecule has 0 aromatic carbocycles. The summed E-state index contributed by atoms with van der Waals surface area (Å²) < 4.78 is 1.24. The van der Waals surface area contributed by atoms with E-state index in [1.807, 2.05) is 0 Å². The van der Waals surface area contributed by atoms with Crippen LogP contribution in [0.25, 0.3) is 0 Å². The fourth-order valence-corrected chi connectivity index (χ4v) is 3.17. The second-order valence-corrected chi connectivity index (χ2v) is 12.8. The van der Waals surface area contributed by atoms with E-state index < -0.39 is 6.00 Å². The summed E-state index contributed by atoms with van der Waals surface area (Å²) in [6.07, 6.45) is 4.86. The van der Waals surface area contributed by atoms with E-state index in [1.165, 1.54) is 23.7 Å². The highest BCUT2D eigenvalue weighted by Crippen LogP contribution is 2.27. The lowest BCUT2D eigenvalue weighted by Crippen LogP contribution is -2.07. The monoisotopic (exact) mass is 344 g/mol. The molecule has 5 heteroatoms. The van der Waals surface area contributed by atoms with Crippen molar-refractivity contribution >= 4 is 61.8 Å². The molecule has 0 unspecified atom stereocenters. The van der Waals surface area contributed by atoms with Crippen molar-refractivity contribution < 1.29 is 0 Å². The number of halogens is 4. The van der Waals surface area contributed by atoms with Crippen LogP contribution in [-0.2, 0) is 0 Å². The van der Waals surface area contributed by atoms with E-state index in [0.29, 0.717) is 0 Å². The molecule has 0 aliphatic heterocycles. The Balaban J connectivity index is 3.02. The van der Waals surface area contributed by atoms with E-state index in [0.717, 1.165) is 12.5 Å². The van der Waals surface area contributed by atoms with Gasteiger partial charge in [-0.2, -0.15) is 0 Å². The Morgan fingerprint density at radius 1 is 0.909 bits per heavy atom. The summed E-state index contributed by atoms with van der Waals surface area (Å²) in [7, 11) is 0. The van der Waals surface area contributed by atoms with E-state index in [9.17, 15) is 0 Å². The summed E-state index contributed by atoms with van der Waals surface area (Å²) in [5, 5.41) is 0. The van der Waals surface area contributed by atoms with Crippen molar-refractivity contribution in [2.75, 3.05) is 4.43 Å². The highest BCUT2D eigenvalue weighted by Gasteiger charge is 2.23. The van der Waals surface area contributed by atoms with Crippen LogP contribution in [0.4, 0.5) is 0 Å². The van der Waals surface area contributed by atoms with Crippen molar-refractivity contribution in [1.82, 2.24) is 0 Å². The van der Waals surface area contributed by atoms with Crippen LogP contribution < -0.4 is 0 Å². The van der Waals surface area contributed by atoms with Gasteiger partial charge in [0, 0.05) is 0 Å². The summed E-state index contributed by atoms with van der Waals surface area (Å²) in [5.41, 5.74) is 0. The van der Waals surface area contributed by atoms with Crippen molar-refractivity contribution in [2.45, 2.75) is 31.7 Å². The van der Waals surface area contributed by atoms with E-state index in [4.69, 9.17) is 33.2 Å². The maximum absolute atomic E-state index is 5.71. The fraction of sp³-hybridized carbons (Fsp3) is 1.00. The molecule has 0 saturated carbocycles. The summed E-state index contributed by atoms with van der Waals surface area (Å²) in [4.78, 5) is 0. The Labute approximate surface area is 97.2 Å². The molecule has 0 nitrogen and oxygen atoms in total. The number of hydrogen-bond acceptors (Lipinski definition) is 0. The van der Waals surface area contributed by atoms with Gasteiger partial charge in [-0.1, -0.05) is 41.9 Å². The van der Waals surface area contributed by atoms with E-state index in [1.54, 1.807) is 0 Å². The first-order chi connectivity index (χ1) is 5.06. The first-order valence-electron chi connectivity index (χ1n) is 3.69. The van der Waals surface area contributed by atoms with Crippen molar-refractivity contribution in [3.8, 4) is 0 Å². The van der Waals surface area contributed by atoms with Gasteiger partial charge in [-0.25, -0.2) is 0 Å². The molecule has 11 heavy (non-hydrogen) atoms. The lowest BCUT2D eigenvalue weighted by Gasteiger charge is -2.05. The zero-order chi connectivity index (χ0) is 8.74. The number of rotatable bonds is 6. The highest BCUT2D eigenvalue weighted by molar-refractivity contribution is 14.1. The highest BCUT2D eigenvalue weighted by atomic mass is 127. The molecule has 0 aliphatic carbocycles. The van der Waals surface area contributed by atoms with Crippen molar-refractivity contribution in [1.29, 1.82) is 0 Å². The quantitative estimate of drug-likeness (QED) is 0.216. The second-order valence-electron chi connectivity index (χ2n) is 2.47. The van der Waals surface area contributed by atoms with Gasteiger partial charge in [0.1, 0.15) is 0 Å². The Hall–Kier alpha value is 1.82. The zero-order valence-electron chi connectivity index (χ0n) is 6.25. The van der Waals surface area contributed by atoms with Crippen LogP contribution in [-0.4, -0.2) is 10.4 Å². The predicted octanol–water partition coefficient (Wildman–Crippen LogP) is 4.64. The Kier molecular flexibility index (Phi) is 8.44. The third kappa shape index (κ3) is 11.8. The number of unbranched alkanes of at least 4 members (excludes halogenated alkanes) is 3. The third-order valence-electron chi connectivity index (χ3n) is 1.34. The third-order valence-corrected chi connectivity index (χ3v) is 4.73. The smallest absolute Gasteiger partial charge is 0.126 e. The predicted molar refractivity (Wildman–Crippen MR) is 65.5 cm³/mol. The number of hydrogen-bond donors (Lipinski definition) is 0. The SMILES string of the molecule is Cl[Si](Cl)(Cl)CCCCCCI. The average molecular weight is 346 g/mol. The van der Waals surface area contributed by atoms with Crippen LogP contribution in [0.15, 0.2) is 0 Å². The molecule has 0 N–H and O–H groups in total. The van der Waals surface area contributed by atoms with Gasteiger partial charge < -0.3 is 0 Å². The molecule has 0 aromatic heterocycles. The van der Waals surface area contributed by atoms with Crippen LogP contribution >= 0.6 is 55.8 Å². The molecule has 0 rings (SSSR count). The van der Waals surface area contributed by atoms with Crippen molar-refractivity contribution in [3.05, 3.63) is 0 Å². The zero-order valence-corrected chi connectivity index (χ0v) is 11.7. The minimum atomic E-state index is -2.30. The first kappa shape index (κ1) is 12.8. The van der Waals surface area contributed by atoms with Crippen molar-refractivity contribution in [2.24, 2.45) is 0 Å². The Bertz CT molecular complexity index is 94.3. The lowest BCUT2D eigenvalue weighted by molar-refractivity contribution is 0.708. The molecule has 68 valence electrons. The maximum Gasteiger partial charge on any atom is 0.341 e. The molecular formula is C6H12Cl3ISi. The summed E-state index contributed by atoms with van der Waals surface area (Å²) in [5.74, 6) is 0. The summed E-state index contributed by atoms with van der Waals surface area (Å²) in [6, 6.07) is -1.48. The lowest BCUT2D eigenvalue weighted by atomic mass is 10.2.